The molecule has 2 aromatic rings. The molecule has 2 N–H and O–H groups in total. The lowest BCUT2D eigenvalue weighted by Crippen LogP contribution is -2.41. The Kier molecular flexibility index (Phi) is 2.42. The van der Waals surface area contributed by atoms with Gasteiger partial charge < -0.3 is 4.90 Å². The fraction of sp³-hybridized carbons (Fsp3) is 0.600. The van der Waals surface area contributed by atoms with E-state index in [4.69, 9.17) is 0 Å². The third-order valence-corrected chi connectivity index (χ3v) is 3.31. The minimum atomic E-state index is -0.288. The molecule has 0 aliphatic carbocycles. The maximum Gasteiger partial charge on any atom is 0.340 e. The smallest absolute Gasteiger partial charge is 0.331 e. The zero-order valence-corrected chi connectivity index (χ0v) is 10.3. The number of aromatic nitrogens is 6. The second-order valence-electron chi connectivity index (χ2n) is 4.69. The number of nitrogens with one attached hydrogen (secondary N) is 2. The summed E-state index contributed by atoms with van der Waals surface area (Å²) >= 11 is 0. The van der Waals surface area contributed by atoms with Crippen LogP contribution in [0, 0.1) is 0 Å². The molecule has 8 heteroatoms. The minimum absolute atomic E-state index is 0.288. The quantitative estimate of drug-likeness (QED) is 0.784. The van der Waals surface area contributed by atoms with Crippen molar-refractivity contribution in [3.8, 4) is 0 Å². The van der Waals surface area contributed by atoms with Crippen LogP contribution >= 0.6 is 0 Å². The number of nitrogens with zero attached hydrogens (tertiary/aromatic N) is 5. The molecular formula is C10H15N7O. The van der Waals surface area contributed by atoms with Crippen LogP contribution in [0.3, 0.4) is 0 Å². The molecule has 2 aromatic heterocycles. The lowest BCUT2D eigenvalue weighted by molar-refractivity contribution is 0.366. The van der Waals surface area contributed by atoms with E-state index in [0.29, 0.717) is 24.5 Å². The van der Waals surface area contributed by atoms with Crippen LogP contribution in [0.4, 0.5) is 5.95 Å². The van der Waals surface area contributed by atoms with Crippen LogP contribution in [0.2, 0.25) is 0 Å². The van der Waals surface area contributed by atoms with Gasteiger partial charge in [0.15, 0.2) is 5.82 Å². The zero-order chi connectivity index (χ0) is 12.7. The van der Waals surface area contributed by atoms with Crippen molar-refractivity contribution < 1.29 is 0 Å². The fourth-order valence-corrected chi connectivity index (χ4v) is 2.45. The van der Waals surface area contributed by atoms with Gasteiger partial charge in [-0.1, -0.05) is 0 Å². The number of fused-ring (bicyclic) bond motifs is 1. The van der Waals surface area contributed by atoms with Gasteiger partial charge in [0.2, 0.25) is 5.95 Å². The number of rotatable bonds is 2. The number of anilines is 1. The van der Waals surface area contributed by atoms with Crippen LogP contribution in [0.1, 0.15) is 32.1 Å². The Labute approximate surface area is 103 Å². The molecule has 1 aliphatic heterocycles. The predicted molar refractivity (Wildman–Crippen MR) is 64.2 cm³/mol. The van der Waals surface area contributed by atoms with Gasteiger partial charge in [0, 0.05) is 6.04 Å². The molecule has 18 heavy (non-hydrogen) atoms. The van der Waals surface area contributed by atoms with Crippen molar-refractivity contribution >= 4 is 5.95 Å². The van der Waals surface area contributed by atoms with Crippen molar-refractivity contribution in [2.45, 2.75) is 38.9 Å². The normalized spacial score (nSPS) is 23.1. The van der Waals surface area contributed by atoms with Gasteiger partial charge in [-0.2, -0.15) is 15.2 Å². The SMILES string of the molecule is C[C@@H]1C[C@H](C)n2ncnc2N1Cc1n[nH]c(=O)[nH]1. The summed E-state index contributed by atoms with van der Waals surface area (Å²) in [5, 5.41) is 10.5. The van der Waals surface area contributed by atoms with E-state index >= 15 is 0 Å². The average Bonchev–Trinajstić information content (AvgIpc) is 2.93. The summed E-state index contributed by atoms with van der Waals surface area (Å²) in [4.78, 5) is 20.1. The van der Waals surface area contributed by atoms with E-state index in [9.17, 15) is 4.79 Å². The van der Waals surface area contributed by atoms with Crippen LogP contribution in [-0.2, 0) is 6.54 Å². The van der Waals surface area contributed by atoms with Crippen LogP contribution in [0.25, 0.3) is 0 Å². The summed E-state index contributed by atoms with van der Waals surface area (Å²) in [6.07, 6.45) is 2.55. The average molecular weight is 249 g/mol. The standard InChI is InChI=1S/C10H15N7O/c1-6-3-7(2)17-10(11-5-12-17)16(6)4-8-13-9(18)15-14-8/h5-7H,3-4H2,1-2H3,(H2,13,14,15,18)/t6-,7+/m1/s1. The summed E-state index contributed by atoms with van der Waals surface area (Å²) in [5.41, 5.74) is -0.288. The Hall–Kier alpha value is -2.12. The first-order valence-corrected chi connectivity index (χ1v) is 5.95. The van der Waals surface area contributed by atoms with Crippen LogP contribution in [0.15, 0.2) is 11.1 Å². The van der Waals surface area contributed by atoms with E-state index in [1.54, 1.807) is 6.33 Å². The molecule has 2 atom stereocenters. The van der Waals surface area contributed by atoms with Gasteiger partial charge >= 0.3 is 5.69 Å². The predicted octanol–water partition coefficient (Wildman–Crippen LogP) is 0.0493. The summed E-state index contributed by atoms with van der Waals surface area (Å²) in [6, 6.07) is 0.670. The molecule has 3 rings (SSSR count). The molecule has 0 aromatic carbocycles. The Morgan fingerprint density at radius 1 is 1.44 bits per heavy atom. The maximum atomic E-state index is 11.0. The molecule has 0 amide bonds. The zero-order valence-electron chi connectivity index (χ0n) is 10.3. The van der Waals surface area contributed by atoms with Gasteiger partial charge in [0.05, 0.1) is 12.6 Å². The molecular weight excluding hydrogens is 234 g/mol. The largest absolute Gasteiger partial charge is 0.340 e. The van der Waals surface area contributed by atoms with E-state index in [0.717, 1.165) is 12.4 Å². The van der Waals surface area contributed by atoms with Gasteiger partial charge in [-0.25, -0.2) is 14.6 Å². The van der Waals surface area contributed by atoms with Gasteiger partial charge in [-0.05, 0) is 20.3 Å². The molecule has 0 unspecified atom stereocenters. The van der Waals surface area contributed by atoms with E-state index in [1.165, 1.54) is 0 Å². The molecule has 0 fully saturated rings. The van der Waals surface area contributed by atoms with Gasteiger partial charge in [-0.15, -0.1) is 0 Å². The minimum Gasteiger partial charge on any atom is -0.331 e. The van der Waals surface area contributed by atoms with Crippen molar-refractivity contribution in [1.29, 1.82) is 0 Å². The molecule has 96 valence electrons. The van der Waals surface area contributed by atoms with E-state index < -0.39 is 0 Å². The lowest BCUT2D eigenvalue weighted by Gasteiger charge is -2.36. The van der Waals surface area contributed by atoms with Gasteiger partial charge in [0.25, 0.3) is 0 Å². The number of hydrogen-bond acceptors (Lipinski definition) is 5. The first-order chi connectivity index (χ1) is 8.65. The third-order valence-electron chi connectivity index (χ3n) is 3.31. The highest BCUT2D eigenvalue weighted by Gasteiger charge is 2.29. The Morgan fingerprint density at radius 3 is 3.00 bits per heavy atom. The number of hydrogen-bond donors (Lipinski definition) is 2. The monoisotopic (exact) mass is 249 g/mol. The van der Waals surface area contributed by atoms with Gasteiger partial charge in [0.1, 0.15) is 6.33 Å². The summed E-state index contributed by atoms with van der Waals surface area (Å²) < 4.78 is 1.91. The first-order valence-electron chi connectivity index (χ1n) is 5.95. The highest BCUT2D eigenvalue weighted by molar-refractivity contribution is 5.34. The second-order valence-corrected chi connectivity index (χ2v) is 4.69. The number of H-pyrrole nitrogens is 2. The van der Waals surface area contributed by atoms with E-state index in [1.807, 2.05) is 4.68 Å². The number of aromatic amines is 2. The Balaban J connectivity index is 1.92. The maximum absolute atomic E-state index is 11.0. The van der Waals surface area contributed by atoms with Crippen molar-refractivity contribution in [3.63, 3.8) is 0 Å². The first kappa shape index (κ1) is 11.0. The van der Waals surface area contributed by atoms with Gasteiger partial charge in [-0.3, -0.25) is 4.98 Å². The topological polar surface area (TPSA) is 95.5 Å². The molecule has 0 bridgehead atoms. The molecule has 0 saturated heterocycles. The molecule has 0 radical (unpaired) electrons. The molecule has 0 spiro atoms. The third kappa shape index (κ3) is 1.69. The Bertz CT molecular complexity index is 597. The van der Waals surface area contributed by atoms with Crippen LogP contribution in [-0.4, -0.2) is 36.0 Å². The summed E-state index contributed by atoms with van der Waals surface area (Å²) in [7, 11) is 0. The van der Waals surface area contributed by atoms with Crippen molar-refractivity contribution in [2.75, 3.05) is 4.90 Å². The lowest BCUT2D eigenvalue weighted by atomic mass is 10.1. The molecule has 1 aliphatic rings. The van der Waals surface area contributed by atoms with E-state index in [2.05, 4.69) is 44.0 Å². The highest BCUT2D eigenvalue weighted by atomic mass is 16.1. The van der Waals surface area contributed by atoms with Crippen molar-refractivity contribution in [2.24, 2.45) is 0 Å². The molecule has 3 heterocycles. The van der Waals surface area contributed by atoms with Crippen molar-refractivity contribution in [1.82, 2.24) is 29.9 Å². The molecule has 8 nitrogen and oxygen atoms in total. The molecule has 0 saturated carbocycles. The summed E-state index contributed by atoms with van der Waals surface area (Å²) in [6.45, 7) is 4.78. The highest BCUT2D eigenvalue weighted by Crippen LogP contribution is 2.29. The second kappa shape index (κ2) is 3.97. The van der Waals surface area contributed by atoms with Crippen molar-refractivity contribution in [3.05, 3.63) is 22.6 Å². The van der Waals surface area contributed by atoms with Crippen LogP contribution < -0.4 is 10.6 Å². The Morgan fingerprint density at radius 2 is 2.28 bits per heavy atom. The summed E-state index contributed by atoms with van der Waals surface area (Å²) in [5.74, 6) is 1.43. The van der Waals surface area contributed by atoms with E-state index in [-0.39, 0.29) is 5.69 Å². The van der Waals surface area contributed by atoms with Crippen LogP contribution in [0.5, 0.6) is 0 Å². The fourth-order valence-electron chi connectivity index (χ4n) is 2.45.